The molecule has 0 aliphatic rings. The highest BCUT2D eigenvalue weighted by Gasteiger charge is 2.14. The monoisotopic (exact) mass is 668 g/mol. The lowest BCUT2D eigenvalue weighted by molar-refractivity contribution is -0.150. The molecule has 0 aliphatic carbocycles. The summed E-state index contributed by atoms with van der Waals surface area (Å²) in [6, 6.07) is 0. The molecule has 0 rings (SSSR count). The third-order valence-corrected chi connectivity index (χ3v) is 7.89. The van der Waals surface area contributed by atoms with Crippen LogP contribution in [0.25, 0.3) is 0 Å². The van der Waals surface area contributed by atoms with E-state index in [9.17, 15) is 14.4 Å². The lowest BCUT2D eigenvalue weighted by atomic mass is 10.0. The number of nitrogens with one attached hydrogen (secondary N) is 1. The molecule has 1 unspecified atom stereocenters. The van der Waals surface area contributed by atoms with Crippen molar-refractivity contribution in [2.75, 3.05) is 6.54 Å². The van der Waals surface area contributed by atoms with Crippen molar-refractivity contribution in [2.24, 2.45) is 0 Å². The molecule has 48 heavy (non-hydrogen) atoms. The molecule has 0 aliphatic heterocycles. The van der Waals surface area contributed by atoms with Gasteiger partial charge in [-0.2, -0.15) is 0 Å². The van der Waals surface area contributed by atoms with Gasteiger partial charge in [0, 0.05) is 12.8 Å². The van der Waals surface area contributed by atoms with E-state index in [2.05, 4.69) is 92.1 Å². The Hall–Kier alpha value is -3.15. The van der Waals surface area contributed by atoms with Gasteiger partial charge in [0.2, 0.25) is 5.91 Å². The first-order valence-electron chi connectivity index (χ1n) is 19.1. The summed E-state index contributed by atoms with van der Waals surface area (Å²) in [6.45, 7) is 4.05. The minimum atomic E-state index is -1.03. The minimum absolute atomic E-state index is 0.0223. The third kappa shape index (κ3) is 35.7. The molecule has 272 valence electrons. The van der Waals surface area contributed by atoms with Crippen molar-refractivity contribution in [2.45, 2.75) is 168 Å². The summed E-state index contributed by atoms with van der Waals surface area (Å²) in [5.41, 5.74) is 0. The molecule has 6 nitrogen and oxygen atoms in total. The van der Waals surface area contributed by atoms with E-state index in [0.717, 1.165) is 103 Å². The van der Waals surface area contributed by atoms with Crippen molar-refractivity contribution in [3.8, 4) is 0 Å². The van der Waals surface area contributed by atoms with Gasteiger partial charge in [-0.25, -0.2) is 0 Å². The van der Waals surface area contributed by atoms with Gasteiger partial charge in [0.1, 0.15) is 12.6 Å². The van der Waals surface area contributed by atoms with Gasteiger partial charge in [-0.15, -0.1) is 0 Å². The number of carbonyl (C=O) groups excluding carboxylic acids is 2. The van der Waals surface area contributed by atoms with Gasteiger partial charge < -0.3 is 15.2 Å². The Balaban J connectivity index is 4.10. The number of hydrogen-bond donors (Lipinski definition) is 2. The highest BCUT2D eigenvalue weighted by atomic mass is 16.5. The second-order valence-corrected chi connectivity index (χ2v) is 12.5. The van der Waals surface area contributed by atoms with E-state index in [1.165, 1.54) is 32.1 Å². The Kier molecular flexibility index (Phi) is 34.3. The number of aliphatic carboxylic acids is 1. The van der Waals surface area contributed by atoms with E-state index < -0.39 is 5.97 Å². The fourth-order valence-electron chi connectivity index (χ4n) is 5.10. The van der Waals surface area contributed by atoms with Gasteiger partial charge in [0.15, 0.2) is 0 Å². The molecule has 0 heterocycles. The molecule has 0 aromatic rings. The molecule has 0 saturated heterocycles. The second kappa shape index (κ2) is 36.7. The van der Waals surface area contributed by atoms with Crippen LogP contribution in [-0.2, 0) is 19.1 Å². The maximum atomic E-state index is 12.6. The highest BCUT2D eigenvalue weighted by Crippen LogP contribution is 2.18. The summed E-state index contributed by atoms with van der Waals surface area (Å²) in [6.07, 6.45) is 48.8. The molecule has 0 bridgehead atoms. The van der Waals surface area contributed by atoms with Crippen LogP contribution in [0.5, 0.6) is 0 Å². The quantitative estimate of drug-likeness (QED) is 0.0413. The van der Waals surface area contributed by atoms with E-state index in [1.54, 1.807) is 0 Å². The van der Waals surface area contributed by atoms with Crippen molar-refractivity contribution in [1.29, 1.82) is 0 Å². The van der Waals surface area contributed by atoms with Crippen molar-refractivity contribution < 1.29 is 24.2 Å². The van der Waals surface area contributed by atoms with E-state index in [4.69, 9.17) is 9.84 Å². The molecule has 0 fully saturated rings. The standard InChI is InChI=1S/C42H69NO5/c1-3-5-7-9-11-12-13-14-15-16-17-18-19-20-21-22-23-24-25-27-33-37-42(47)48-39(34-30-26-10-8-6-4-2)35-31-28-29-32-36-40(44)43-38-41(45)46/h5,7,11-12,14-15,17-18,20-21,23-24,39H,3-4,6,8-10,13,16,19,22,25-38H2,1-2H3,(H,43,44)(H,45,46)/b7-5-,12-11-,15-14-,18-17-,21-20-,24-23-. The number of carbonyl (C=O) groups is 3. The SMILES string of the molecule is CC/C=C\C/C=C\C/C=C\C/C=C\C/C=C\C/C=C\CCCCC(=O)OC(CCCCCCCC)CCCCCCC(=O)NCC(=O)O. The molecule has 1 amide bonds. The van der Waals surface area contributed by atoms with Crippen LogP contribution in [-0.4, -0.2) is 35.6 Å². The predicted octanol–water partition coefficient (Wildman–Crippen LogP) is 11.4. The van der Waals surface area contributed by atoms with Gasteiger partial charge >= 0.3 is 11.9 Å². The zero-order valence-electron chi connectivity index (χ0n) is 30.6. The normalized spacial score (nSPS) is 12.9. The molecule has 0 aromatic carbocycles. The van der Waals surface area contributed by atoms with Crippen molar-refractivity contribution >= 4 is 17.8 Å². The van der Waals surface area contributed by atoms with Crippen molar-refractivity contribution in [3.63, 3.8) is 0 Å². The molecular weight excluding hydrogens is 598 g/mol. The number of rotatable bonds is 33. The molecule has 2 N–H and O–H groups in total. The smallest absolute Gasteiger partial charge is 0.322 e. The number of unbranched alkanes of at least 4 members (excludes halogenated alkanes) is 10. The number of ether oxygens (including phenoxy) is 1. The maximum absolute atomic E-state index is 12.6. The zero-order valence-corrected chi connectivity index (χ0v) is 30.6. The highest BCUT2D eigenvalue weighted by molar-refractivity contribution is 5.80. The summed E-state index contributed by atoms with van der Waals surface area (Å²) in [7, 11) is 0. The number of allylic oxidation sites excluding steroid dienone is 12. The van der Waals surface area contributed by atoms with Crippen LogP contribution < -0.4 is 5.32 Å². The average Bonchev–Trinajstić information content (AvgIpc) is 3.07. The van der Waals surface area contributed by atoms with Gasteiger partial charge in [0.05, 0.1) is 0 Å². The second-order valence-electron chi connectivity index (χ2n) is 12.5. The predicted molar refractivity (Wildman–Crippen MR) is 203 cm³/mol. The first-order chi connectivity index (χ1) is 23.5. The Morgan fingerprint density at radius 3 is 1.54 bits per heavy atom. The molecule has 6 heteroatoms. The van der Waals surface area contributed by atoms with Gasteiger partial charge in [0.25, 0.3) is 0 Å². The Morgan fingerprint density at radius 2 is 1.02 bits per heavy atom. The van der Waals surface area contributed by atoms with Crippen LogP contribution in [0.3, 0.4) is 0 Å². The largest absolute Gasteiger partial charge is 0.480 e. The number of amides is 1. The van der Waals surface area contributed by atoms with Crippen LogP contribution in [0.2, 0.25) is 0 Å². The fraction of sp³-hybridized carbons (Fsp3) is 0.643. The average molecular weight is 668 g/mol. The van der Waals surface area contributed by atoms with Gasteiger partial charge in [-0.1, -0.05) is 132 Å². The first-order valence-corrected chi connectivity index (χ1v) is 19.1. The lowest BCUT2D eigenvalue weighted by Crippen LogP contribution is -2.28. The van der Waals surface area contributed by atoms with E-state index in [0.29, 0.717) is 12.8 Å². The number of esters is 1. The topological polar surface area (TPSA) is 92.7 Å². The summed E-state index contributed by atoms with van der Waals surface area (Å²) in [5.74, 6) is -1.32. The van der Waals surface area contributed by atoms with E-state index in [-0.39, 0.29) is 24.5 Å². The fourth-order valence-corrected chi connectivity index (χ4v) is 5.10. The number of carboxylic acid groups (broad SMARTS) is 1. The van der Waals surface area contributed by atoms with Crippen molar-refractivity contribution in [1.82, 2.24) is 5.32 Å². The maximum Gasteiger partial charge on any atom is 0.322 e. The third-order valence-electron chi connectivity index (χ3n) is 7.89. The minimum Gasteiger partial charge on any atom is -0.480 e. The Morgan fingerprint density at radius 1 is 0.562 bits per heavy atom. The summed E-state index contributed by atoms with van der Waals surface area (Å²) in [5, 5.41) is 11.0. The molecule has 1 atom stereocenters. The van der Waals surface area contributed by atoms with Crippen LogP contribution >= 0.6 is 0 Å². The van der Waals surface area contributed by atoms with Crippen molar-refractivity contribution in [3.05, 3.63) is 72.9 Å². The Bertz CT molecular complexity index is 959. The van der Waals surface area contributed by atoms with E-state index in [1.807, 2.05) is 0 Å². The van der Waals surface area contributed by atoms with Crippen LogP contribution in [0.4, 0.5) is 0 Å². The molecule has 0 saturated carbocycles. The zero-order chi connectivity index (χ0) is 35.2. The van der Waals surface area contributed by atoms with E-state index >= 15 is 0 Å². The lowest BCUT2D eigenvalue weighted by Gasteiger charge is -2.18. The number of carboxylic acids is 1. The summed E-state index contributed by atoms with van der Waals surface area (Å²) >= 11 is 0. The van der Waals surface area contributed by atoms with Crippen LogP contribution in [0, 0.1) is 0 Å². The first kappa shape index (κ1) is 44.9. The van der Waals surface area contributed by atoms with Crippen LogP contribution in [0.15, 0.2) is 72.9 Å². The molecule has 0 spiro atoms. The van der Waals surface area contributed by atoms with Gasteiger partial charge in [-0.05, 0) is 89.9 Å². The molecule has 0 radical (unpaired) electrons. The summed E-state index contributed by atoms with van der Waals surface area (Å²) < 4.78 is 5.92. The summed E-state index contributed by atoms with van der Waals surface area (Å²) in [4.78, 5) is 34.8. The Labute approximate surface area is 294 Å². The van der Waals surface area contributed by atoms with Crippen LogP contribution in [0.1, 0.15) is 162 Å². The molecule has 0 aromatic heterocycles. The molecular formula is C42H69NO5. The number of hydrogen-bond acceptors (Lipinski definition) is 4. The van der Waals surface area contributed by atoms with Gasteiger partial charge in [-0.3, -0.25) is 14.4 Å².